The van der Waals surface area contributed by atoms with Gasteiger partial charge in [0.15, 0.2) is 4.77 Å². The lowest BCUT2D eigenvalue weighted by atomic mass is 10.2. The minimum atomic E-state index is -0.456. The van der Waals surface area contributed by atoms with E-state index in [1.165, 1.54) is 4.57 Å². The number of aromatic hydroxyl groups is 1. The first kappa shape index (κ1) is 16.2. The highest BCUT2D eigenvalue weighted by Crippen LogP contribution is 2.22. The summed E-state index contributed by atoms with van der Waals surface area (Å²) < 4.78 is 1.57. The van der Waals surface area contributed by atoms with Gasteiger partial charge < -0.3 is 5.11 Å². The molecule has 0 saturated carbocycles. The SMILES string of the molecule is Cc1ccc(-n2c(O)c(/C=C3\C=c4ccccc4=N3)c(=O)[nH]c2=S)cc1. The Morgan fingerprint density at radius 2 is 1.88 bits per heavy atom. The van der Waals surface area contributed by atoms with Crippen molar-refractivity contribution in [2.45, 2.75) is 6.92 Å². The van der Waals surface area contributed by atoms with E-state index in [0.717, 1.165) is 16.1 Å². The van der Waals surface area contributed by atoms with Gasteiger partial charge in [0, 0.05) is 5.22 Å². The number of hydrogen-bond acceptors (Lipinski definition) is 4. The molecule has 2 N–H and O–H groups in total. The van der Waals surface area contributed by atoms with Crippen molar-refractivity contribution in [1.29, 1.82) is 0 Å². The molecule has 1 aliphatic heterocycles. The number of allylic oxidation sites excluding steroid dienone is 1. The van der Waals surface area contributed by atoms with Crippen LogP contribution < -0.4 is 16.1 Å². The first-order valence-corrected chi connectivity index (χ1v) is 8.46. The summed E-state index contributed by atoms with van der Waals surface area (Å²) in [6.45, 7) is 1.97. The van der Waals surface area contributed by atoms with Gasteiger partial charge in [-0.05, 0) is 49.5 Å². The number of aryl methyl sites for hydroxylation is 1. The number of nitrogens with one attached hydrogen (secondary N) is 1. The van der Waals surface area contributed by atoms with Crippen LogP contribution in [0.25, 0.3) is 17.8 Å². The van der Waals surface area contributed by atoms with E-state index in [1.807, 2.05) is 61.5 Å². The fraction of sp³-hybridized carbons (Fsp3) is 0.0500. The van der Waals surface area contributed by atoms with Gasteiger partial charge in [-0.1, -0.05) is 35.9 Å². The molecule has 0 amide bonds. The molecule has 1 aromatic heterocycles. The summed E-state index contributed by atoms with van der Waals surface area (Å²) in [6.07, 6.45) is 3.43. The van der Waals surface area contributed by atoms with Gasteiger partial charge in [-0.3, -0.25) is 14.3 Å². The van der Waals surface area contributed by atoms with E-state index in [0.29, 0.717) is 11.4 Å². The van der Waals surface area contributed by atoms with E-state index in [-0.39, 0.29) is 16.2 Å². The molecule has 2 aromatic carbocycles. The fourth-order valence-electron chi connectivity index (χ4n) is 2.87. The highest BCUT2D eigenvalue weighted by atomic mass is 32.1. The van der Waals surface area contributed by atoms with Crippen LogP contribution in [0.2, 0.25) is 0 Å². The second-order valence-electron chi connectivity index (χ2n) is 6.05. The fourth-order valence-corrected chi connectivity index (χ4v) is 3.15. The number of nitrogens with zero attached hydrogens (tertiary/aromatic N) is 2. The monoisotopic (exact) mass is 361 g/mol. The first-order valence-electron chi connectivity index (χ1n) is 8.05. The summed E-state index contributed by atoms with van der Waals surface area (Å²) >= 11 is 5.24. The van der Waals surface area contributed by atoms with Crippen molar-refractivity contribution in [3.8, 4) is 11.6 Å². The summed E-state index contributed by atoms with van der Waals surface area (Å²) in [5.41, 5.74) is 2.01. The van der Waals surface area contributed by atoms with Gasteiger partial charge in [0.2, 0.25) is 5.88 Å². The number of aromatic amines is 1. The molecule has 0 bridgehead atoms. The smallest absolute Gasteiger partial charge is 0.262 e. The van der Waals surface area contributed by atoms with Gasteiger partial charge in [0.05, 0.1) is 16.7 Å². The maximum Gasteiger partial charge on any atom is 0.262 e. The highest BCUT2D eigenvalue weighted by Gasteiger charge is 2.13. The number of aromatic nitrogens is 2. The number of rotatable bonds is 2. The van der Waals surface area contributed by atoms with Crippen LogP contribution in [0.3, 0.4) is 0 Å². The Bertz CT molecular complexity index is 1250. The molecule has 0 radical (unpaired) electrons. The van der Waals surface area contributed by atoms with Crippen molar-refractivity contribution in [1.82, 2.24) is 9.55 Å². The Morgan fingerprint density at radius 3 is 2.62 bits per heavy atom. The zero-order chi connectivity index (χ0) is 18.3. The third kappa shape index (κ3) is 2.80. The predicted octanol–water partition coefficient (Wildman–Crippen LogP) is 2.36. The van der Waals surface area contributed by atoms with Gasteiger partial charge in [0.25, 0.3) is 5.56 Å². The molecule has 4 rings (SSSR count). The Hall–Kier alpha value is -3.25. The molecule has 128 valence electrons. The van der Waals surface area contributed by atoms with Crippen LogP contribution >= 0.6 is 12.2 Å². The number of para-hydroxylation sites is 1. The molecule has 0 atom stereocenters. The zero-order valence-electron chi connectivity index (χ0n) is 13.9. The maximum absolute atomic E-state index is 12.4. The molecule has 5 nitrogen and oxygen atoms in total. The van der Waals surface area contributed by atoms with Crippen LogP contribution in [0.5, 0.6) is 5.88 Å². The van der Waals surface area contributed by atoms with Crippen molar-refractivity contribution in [3.05, 3.63) is 91.1 Å². The van der Waals surface area contributed by atoms with E-state index < -0.39 is 5.56 Å². The van der Waals surface area contributed by atoms with Crippen LogP contribution in [-0.4, -0.2) is 14.7 Å². The second-order valence-corrected chi connectivity index (χ2v) is 6.44. The van der Waals surface area contributed by atoms with Gasteiger partial charge in [-0.15, -0.1) is 0 Å². The van der Waals surface area contributed by atoms with Crippen molar-refractivity contribution in [2.24, 2.45) is 4.99 Å². The lowest BCUT2D eigenvalue weighted by Gasteiger charge is -2.11. The summed E-state index contributed by atoms with van der Waals surface area (Å²) in [4.78, 5) is 19.5. The summed E-state index contributed by atoms with van der Waals surface area (Å²) in [7, 11) is 0. The summed E-state index contributed by atoms with van der Waals surface area (Å²) in [5, 5.41) is 12.5. The topological polar surface area (TPSA) is 70.4 Å². The Morgan fingerprint density at radius 1 is 1.15 bits per heavy atom. The lowest BCUT2D eigenvalue weighted by Crippen LogP contribution is -2.19. The number of hydrogen-bond donors (Lipinski definition) is 2. The highest BCUT2D eigenvalue weighted by molar-refractivity contribution is 7.71. The van der Waals surface area contributed by atoms with Gasteiger partial charge >= 0.3 is 0 Å². The second kappa shape index (κ2) is 6.24. The van der Waals surface area contributed by atoms with Crippen molar-refractivity contribution in [3.63, 3.8) is 0 Å². The number of H-pyrrole nitrogens is 1. The van der Waals surface area contributed by atoms with Crippen molar-refractivity contribution in [2.75, 3.05) is 0 Å². The third-order valence-corrected chi connectivity index (χ3v) is 4.48. The minimum Gasteiger partial charge on any atom is -0.494 e. The Balaban J connectivity index is 1.91. The number of fused-ring (bicyclic) bond motifs is 1. The zero-order valence-corrected chi connectivity index (χ0v) is 14.7. The molecule has 0 spiro atoms. The van der Waals surface area contributed by atoms with Crippen LogP contribution in [0.1, 0.15) is 11.1 Å². The third-order valence-electron chi connectivity index (χ3n) is 4.19. The van der Waals surface area contributed by atoms with Crippen LogP contribution in [-0.2, 0) is 0 Å². The molecule has 0 fully saturated rings. The molecule has 0 saturated heterocycles. The molecule has 26 heavy (non-hydrogen) atoms. The molecule has 0 aliphatic carbocycles. The van der Waals surface area contributed by atoms with Crippen molar-refractivity contribution >= 4 is 24.4 Å². The average Bonchev–Trinajstić information content (AvgIpc) is 3.03. The first-order chi connectivity index (χ1) is 12.5. The molecule has 0 unspecified atom stereocenters. The maximum atomic E-state index is 12.4. The molecule has 2 heterocycles. The average molecular weight is 361 g/mol. The largest absolute Gasteiger partial charge is 0.494 e. The Labute approximate surface area is 153 Å². The van der Waals surface area contributed by atoms with E-state index in [1.54, 1.807) is 6.08 Å². The summed E-state index contributed by atoms with van der Waals surface area (Å²) in [5.74, 6) is -0.213. The quantitative estimate of drug-likeness (QED) is 0.689. The standard InChI is InChI=1S/C20H15N3O2S/c1-12-6-8-15(9-7-12)23-19(25)16(18(24)22-20(23)26)11-14-10-13-4-2-3-5-17(13)21-14/h2-11,25H,1H3,(H,22,24,26)/b14-11+. The van der Waals surface area contributed by atoms with Gasteiger partial charge in [-0.2, -0.15) is 0 Å². The lowest BCUT2D eigenvalue weighted by molar-refractivity contribution is 0.432. The van der Waals surface area contributed by atoms with E-state index in [9.17, 15) is 9.90 Å². The normalized spacial score (nSPS) is 14.0. The van der Waals surface area contributed by atoms with E-state index in [4.69, 9.17) is 12.2 Å². The van der Waals surface area contributed by atoms with Crippen molar-refractivity contribution < 1.29 is 5.11 Å². The molecule has 6 heteroatoms. The molecule has 3 aromatic rings. The van der Waals surface area contributed by atoms with Gasteiger partial charge in [0.1, 0.15) is 5.56 Å². The number of benzene rings is 2. The molecule has 1 aliphatic rings. The van der Waals surface area contributed by atoms with Crippen LogP contribution in [0.15, 0.2) is 64.0 Å². The van der Waals surface area contributed by atoms with Crippen LogP contribution in [0, 0.1) is 11.7 Å². The van der Waals surface area contributed by atoms with E-state index in [2.05, 4.69) is 9.98 Å². The predicted molar refractivity (Wildman–Crippen MR) is 103 cm³/mol. The molecular weight excluding hydrogens is 346 g/mol. The van der Waals surface area contributed by atoms with Crippen LogP contribution in [0.4, 0.5) is 0 Å². The minimum absolute atomic E-state index is 0.113. The Kier molecular flexibility index (Phi) is 3.89. The van der Waals surface area contributed by atoms with E-state index >= 15 is 0 Å². The summed E-state index contributed by atoms with van der Waals surface area (Å²) in [6, 6.07) is 15.2. The molecular formula is C20H15N3O2S. The van der Waals surface area contributed by atoms with Gasteiger partial charge in [-0.25, -0.2) is 4.99 Å².